The standard InChI is InChI=1S/C12H9Br2N3O/c1-6-4-9-16-10(11-7(13)2-3-18-11)12(15)17(9)5-8(6)14/h2-5H,15H2,1H3. The topological polar surface area (TPSA) is 56.5 Å². The van der Waals surface area contributed by atoms with Crippen LogP contribution in [0.5, 0.6) is 0 Å². The SMILES string of the molecule is Cc1cc2nc(-c3occc3Br)c(N)n2cc1Br. The summed E-state index contributed by atoms with van der Waals surface area (Å²) in [7, 11) is 0. The van der Waals surface area contributed by atoms with Crippen molar-refractivity contribution >= 4 is 43.3 Å². The number of aryl methyl sites for hydroxylation is 1. The summed E-state index contributed by atoms with van der Waals surface area (Å²) in [6.45, 7) is 2.01. The van der Waals surface area contributed by atoms with Crippen molar-refractivity contribution in [2.24, 2.45) is 0 Å². The molecular weight excluding hydrogens is 362 g/mol. The Hall–Kier alpha value is -1.27. The number of rotatable bonds is 1. The van der Waals surface area contributed by atoms with E-state index >= 15 is 0 Å². The van der Waals surface area contributed by atoms with Gasteiger partial charge in [-0.05, 0) is 56.5 Å². The molecule has 18 heavy (non-hydrogen) atoms. The van der Waals surface area contributed by atoms with Gasteiger partial charge in [0.25, 0.3) is 0 Å². The number of halogens is 2. The largest absolute Gasteiger partial charge is 0.461 e. The predicted molar refractivity (Wildman–Crippen MR) is 77.4 cm³/mol. The van der Waals surface area contributed by atoms with E-state index in [2.05, 4.69) is 36.8 Å². The number of furan rings is 1. The fourth-order valence-electron chi connectivity index (χ4n) is 1.81. The van der Waals surface area contributed by atoms with Gasteiger partial charge in [-0.15, -0.1) is 0 Å². The monoisotopic (exact) mass is 369 g/mol. The third kappa shape index (κ3) is 1.67. The van der Waals surface area contributed by atoms with E-state index in [4.69, 9.17) is 10.2 Å². The van der Waals surface area contributed by atoms with E-state index in [0.717, 1.165) is 20.2 Å². The summed E-state index contributed by atoms with van der Waals surface area (Å²) in [6, 6.07) is 3.79. The summed E-state index contributed by atoms with van der Waals surface area (Å²) in [4.78, 5) is 4.51. The zero-order valence-corrected chi connectivity index (χ0v) is 12.6. The Balaban J connectivity index is 2.33. The lowest BCUT2D eigenvalue weighted by Crippen LogP contribution is -1.94. The van der Waals surface area contributed by atoms with Crippen molar-refractivity contribution in [1.29, 1.82) is 0 Å². The highest BCUT2D eigenvalue weighted by molar-refractivity contribution is 9.10. The molecule has 0 bridgehead atoms. The Bertz CT molecular complexity index is 745. The van der Waals surface area contributed by atoms with Crippen molar-refractivity contribution in [1.82, 2.24) is 9.38 Å². The van der Waals surface area contributed by atoms with Crippen LogP contribution in [0.25, 0.3) is 17.1 Å². The van der Waals surface area contributed by atoms with Crippen LogP contribution in [0.1, 0.15) is 5.56 Å². The third-order valence-electron chi connectivity index (χ3n) is 2.77. The van der Waals surface area contributed by atoms with Gasteiger partial charge in [-0.1, -0.05) is 0 Å². The van der Waals surface area contributed by atoms with E-state index < -0.39 is 0 Å². The first-order valence-electron chi connectivity index (χ1n) is 5.25. The molecule has 92 valence electrons. The number of hydrogen-bond acceptors (Lipinski definition) is 3. The van der Waals surface area contributed by atoms with Gasteiger partial charge < -0.3 is 10.2 Å². The first-order valence-corrected chi connectivity index (χ1v) is 6.83. The van der Waals surface area contributed by atoms with Gasteiger partial charge in [0.15, 0.2) is 5.76 Å². The fraction of sp³-hybridized carbons (Fsp3) is 0.0833. The van der Waals surface area contributed by atoms with Crippen molar-refractivity contribution in [3.8, 4) is 11.5 Å². The average Bonchev–Trinajstić information content (AvgIpc) is 2.86. The van der Waals surface area contributed by atoms with Gasteiger partial charge in [-0.2, -0.15) is 0 Å². The maximum atomic E-state index is 6.12. The molecule has 0 aliphatic carbocycles. The predicted octanol–water partition coefficient (Wildman–Crippen LogP) is 4.01. The number of nitrogens with zero attached hydrogens (tertiary/aromatic N) is 2. The quantitative estimate of drug-likeness (QED) is 0.704. The van der Waals surface area contributed by atoms with Crippen LogP contribution in [-0.4, -0.2) is 9.38 Å². The molecule has 0 spiro atoms. The second-order valence-electron chi connectivity index (χ2n) is 3.98. The van der Waals surface area contributed by atoms with Gasteiger partial charge in [0.2, 0.25) is 0 Å². The fourth-order valence-corrected chi connectivity index (χ4v) is 2.52. The summed E-state index contributed by atoms with van der Waals surface area (Å²) in [5.41, 5.74) is 8.67. The number of aromatic nitrogens is 2. The Morgan fingerprint density at radius 3 is 2.78 bits per heavy atom. The molecule has 0 fully saturated rings. The number of hydrogen-bond donors (Lipinski definition) is 1. The molecule has 3 rings (SSSR count). The molecule has 3 heterocycles. The van der Waals surface area contributed by atoms with Crippen LogP contribution in [0, 0.1) is 6.92 Å². The second-order valence-corrected chi connectivity index (χ2v) is 5.68. The van der Waals surface area contributed by atoms with Gasteiger partial charge in [0, 0.05) is 10.7 Å². The molecule has 0 amide bonds. The van der Waals surface area contributed by atoms with Crippen molar-refractivity contribution in [2.45, 2.75) is 6.92 Å². The zero-order valence-electron chi connectivity index (χ0n) is 9.45. The normalized spacial score (nSPS) is 11.3. The Morgan fingerprint density at radius 2 is 2.11 bits per heavy atom. The molecule has 2 N–H and O–H groups in total. The van der Waals surface area contributed by atoms with E-state index in [-0.39, 0.29) is 0 Å². The first-order chi connectivity index (χ1) is 8.58. The second kappa shape index (κ2) is 4.13. The minimum Gasteiger partial charge on any atom is -0.461 e. The van der Waals surface area contributed by atoms with Crippen molar-refractivity contribution in [3.63, 3.8) is 0 Å². The van der Waals surface area contributed by atoms with E-state index in [1.807, 2.05) is 29.7 Å². The van der Waals surface area contributed by atoms with Crippen molar-refractivity contribution in [3.05, 3.63) is 39.1 Å². The Kier molecular flexibility index (Phi) is 2.71. The summed E-state index contributed by atoms with van der Waals surface area (Å²) in [6.07, 6.45) is 3.51. The number of fused-ring (bicyclic) bond motifs is 1. The summed E-state index contributed by atoms with van der Waals surface area (Å²) in [5, 5.41) is 0. The minimum atomic E-state index is 0.557. The lowest BCUT2D eigenvalue weighted by molar-refractivity contribution is 0.579. The van der Waals surface area contributed by atoms with Crippen LogP contribution >= 0.6 is 31.9 Å². The molecule has 4 nitrogen and oxygen atoms in total. The molecule has 0 unspecified atom stereocenters. The lowest BCUT2D eigenvalue weighted by atomic mass is 10.3. The number of anilines is 1. The highest BCUT2D eigenvalue weighted by Gasteiger charge is 2.17. The molecule has 3 aromatic heterocycles. The van der Waals surface area contributed by atoms with E-state index in [0.29, 0.717) is 17.3 Å². The Labute approximate surface area is 120 Å². The van der Waals surface area contributed by atoms with Gasteiger partial charge in [-0.25, -0.2) is 4.98 Å². The number of nitrogens with two attached hydrogens (primary N) is 1. The number of imidazole rings is 1. The molecular formula is C12H9Br2N3O. The van der Waals surface area contributed by atoms with E-state index in [1.165, 1.54) is 0 Å². The summed E-state index contributed by atoms with van der Waals surface area (Å²) in [5.74, 6) is 1.20. The molecule has 0 radical (unpaired) electrons. The highest BCUT2D eigenvalue weighted by atomic mass is 79.9. The van der Waals surface area contributed by atoms with Crippen molar-refractivity contribution < 1.29 is 4.42 Å². The van der Waals surface area contributed by atoms with Crippen LogP contribution in [0.4, 0.5) is 5.82 Å². The van der Waals surface area contributed by atoms with E-state index in [9.17, 15) is 0 Å². The summed E-state index contributed by atoms with van der Waals surface area (Å²) < 4.78 is 9.07. The van der Waals surface area contributed by atoms with Gasteiger partial charge >= 0.3 is 0 Å². The van der Waals surface area contributed by atoms with Crippen molar-refractivity contribution in [2.75, 3.05) is 5.73 Å². The van der Waals surface area contributed by atoms with Crippen LogP contribution in [0.3, 0.4) is 0 Å². The smallest absolute Gasteiger partial charge is 0.170 e. The molecule has 0 aromatic carbocycles. The molecule has 0 aliphatic heterocycles. The number of nitrogen functional groups attached to an aromatic ring is 1. The maximum absolute atomic E-state index is 6.12. The zero-order chi connectivity index (χ0) is 12.9. The van der Waals surface area contributed by atoms with Crippen LogP contribution < -0.4 is 5.73 Å². The van der Waals surface area contributed by atoms with Crippen LogP contribution in [-0.2, 0) is 0 Å². The molecule has 3 aromatic rings. The minimum absolute atomic E-state index is 0.557. The molecule has 0 aliphatic rings. The summed E-state index contributed by atoms with van der Waals surface area (Å²) >= 11 is 6.90. The van der Waals surface area contributed by atoms with E-state index in [1.54, 1.807) is 6.26 Å². The third-order valence-corrected chi connectivity index (χ3v) is 4.23. The molecule has 0 atom stereocenters. The van der Waals surface area contributed by atoms with Crippen LogP contribution in [0.15, 0.2) is 38.0 Å². The highest BCUT2D eigenvalue weighted by Crippen LogP contribution is 2.33. The molecule has 0 saturated heterocycles. The first kappa shape index (κ1) is 11.8. The molecule has 6 heteroatoms. The van der Waals surface area contributed by atoms with Crippen LogP contribution in [0.2, 0.25) is 0 Å². The maximum Gasteiger partial charge on any atom is 0.170 e. The Morgan fingerprint density at radius 1 is 1.33 bits per heavy atom. The van der Waals surface area contributed by atoms with Gasteiger partial charge in [-0.3, -0.25) is 4.40 Å². The van der Waals surface area contributed by atoms with Gasteiger partial charge in [0.1, 0.15) is 17.2 Å². The lowest BCUT2D eigenvalue weighted by Gasteiger charge is -2.00. The van der Waals surface area contributed by atoms with Gasteiger partial charge in [0.05, 0.1) is 10.7 Å². The average molecular weight is 371 g/mol. The number of pyridine rings is 1. The molecule has 0 saturated carbocycles.